The fourth-order valence-electron chi connectivity index (χ4n) is 1.98. The van der Waals surface area contributed by atoms with Gasteiger partial charge in [0.25, 0.3) is 5.91 Å². The van der Waals surface area contributed by atoms with Crippen LogP contribution in [-0.4, -0.2) is 21.1 Å². The molecule has 5 heteroatoms. The third kappa shape index (κ3) is 2.18. The van der Waals surface area contributed by atoms with E-state index < -0.39 is 0 Å². The number of nitrogens with zero attached hydrogens (tertiary/aromatic N) is 2. The molecule has 0 aliphatic heterocycles. The number of aromatic nitrogens is 3. The third-order valence-electron chi connectivity index (χ3n) is 2.85. The zero-order valence-corrected chi connectivity index (χ0v) is 10.3. The highest BCUT2D eigenvalue weighted by molar-refractivity contribution is 6.08. The molecule has 2 N–H and O–H groups in total. The number of carbonyl (C=O) groups excluding carboxylic acids is 1. The molecule has 19 heavy (non-hydrogen) atoms. The Morgan fingerprint density at radius 1 is 1.32 bits per heavy atom. The van der Waals surface area contributed by atoms with E-state index in [1.54, 1.807) is 6.20 Å². The Bertz CT molecular complexity index is 734. The molecule has 0 saturated heterocycles. The van der Waals surface area contributed by atoms with E-state index in [1.807, 2.05) is 37.3 Å². The molecule has 94 valence electrons. The van der Waals surface area contributed by atoms with Gasteiger partial charge in [-0.3, -0.25) is 14.9 Å². The van der Waals surface area contributed by atoms with E-state index >= 15 is 0 Å². The maximum absolute atomic E-state index is 12.0. The van der Waals surface area contributed by atoms with Crippen LogP contribution in [0.15, 0.2) is 42.7 Å². The van der Waals surface area contributed by atoms with Crippen LogP contribution < -0.4 is 5.32 Å². The van der Waals surface area contributed by atoms with Gasteiger partial charge in [0.2, 0.25) is 0 Å². The van der Waals surface area contributed by atoms with Crippen LogP contribution in [-0.2, 0) is 0 Å². The lowest BCUT2D eigenvalue weighted by molar-refractivity contribution is 0.102. The van der Waals surface area contributed by atoms with E-state index in [1.165, 1.54) is 6.20 Å². The van der Waals surface area contributed by atoms with Crippen molar-refractivity contribution in [1.29, 1.82) is 0 Å². The van der Waals surface area contributed by atoms with Gasteiger partial charge in [0, 0.05) is 17.3 Å². The van der Waals surface area contributed by atoms with Crippen molar-refractivity contribution in [3.05, 3.63) is 54.0 Å². The van der Waals surface area contributed by atoms with Crippen molar-refractivity contribution in [3.63, 3.8) is 0 Å². The number of hydrogen-bond donors (Lipinski definition) is 2. The Morgan fingerprint density at radius 3 is 2.95 bits per heavy atom. The van der Waals surface area contributed by atoms with E-state index in [4.69, 9.17) is 0 Å². The van der Waals surface area contributed by atoms with Gasteiger partial charge >= 0.3 is 0 Å². The minimum absolute atomic E-state index is 0.190. The van der Waals surface area contributed by atoms with Crippen LogP contribution in [0, 0.1) is 6.92 Å². The Hall–Kier alpha value is -2.69. The maximum atomic E-state index is 12.0. The molecule has 0 fully saturated rings. The summed E-state index contributed by atoms with van der Waals surface area (Å²) in [5, 5.41) is 10.2. The Labute approximate surface area is 109 Å². The highest BCUT2D eigenvalue weighted by atomic mass is 16.1. The van der Waals surface area contributed by atoms with Crippen molar-refractivity contribution in [3.8, 4) is 0 Å². The SMILES string of the molecule is Cc1cc(NC(=O)c2cn[nH]c2)c2ccccc2n1. The summed E-state index contributed by atoms with van der Waals surface area (Å²) in [6.07, 6.45) is 3.05. The summed E-state index contributed by atoms with van der Waals surface area (Å²) in [6.45, 7) is 1.90. The number of fused-ring (bicyclic) bond motifs is 1. The van der Waals surface area contributed by atoms with Gasteiger partial charge < -0.3 is 5.32 Å². The molecule has 1 aromatic carbocycles. The van der Waals surface area contributed by atoms with E-state index in [-0.39, 0.29) is 5.91 Å². The number of anilines is 1. The van der Waals surface area contributed by atoms with Crippen LogP contribution in [0.1, 0.15) is 16.1 Å². The first kappa shape index (κ1) is 11.4. The first-order valence-electron chi connectivity index (χ1n) is 5.90. The minimum atomic E-state index is -0.190. The smallest absolute Gasteiger partial charge is 0.258 e. The Morgan fingerprint density at radius 2 is 2.16 bits per heavy atom. The molecule has 0 bridgehead atoms. The monoisotopic (exact) mass is 252 g/mol. The molecule has 5 nitrogen and oxygen atoms in total. The van der Waals surface area contributed by atoms with Gasteiger partial charge in [0.15, 0.2) is 0 Å². The van der Waals surface area contributed by atoms with Gasteiger partial charge in [0.05, 0.1) is 23.0 Å². The predicted octanol–water partition coefficient (Wildman–Crippen LogP) is 2.52. The van der Waals surface area contributed by atoms with Gasteiger partial charge in [-0.15, -0.1) is 0 Å². The normalized spacial score (nSPS) is 10.6. The first-order chi connectivity index (χ1) is 9.24. The van der Waals surface area contributed by atoms with Crippen molar-refractivity contribution < 1.29 is 4.79 Å². The number of benzene rings is 1. The average molecular weight is 252 g/mol. The number of nitrogens with one attached hydrogen (secondary N) is 2. The zero-order chi connectivity index (χ0) is 13.2. The summed E-state index contributed by atoms with van der Waals surface area (Å²) in [4.78, 5) is 16.5. The molecule has 0 atom stereocenters. The third-order valence-corrected chi connectivity index (χ3v) is 2.85. The van der Waals surface area contributed by atoms with Crippen molar-refractivity contribution in [2.45, 2.75) is 6.92 Å². The average Bonchev–Trinajstić information content (AvgIpc) is 2.92. The largest absolute Gasteiger partial charge is 0.321 e. The number of pyridine rings is 1. The van der Waals surface area contributed by atoms with Gasteiger partial charge in [-0.25, -0.2) is 0 Å². The molecule has 0 spiro atoms. The van der Waals surface area contributed by atoms with Crippen LogP contribution in [0.3, 0.4) is 0 Å². The van der Waals surface area contributed by atoms with Gasteiger partial charge in [0.1, 0.15) is 0 Å². The molecular formula is C14H12N4O. The Balaban J connectivity index is 2.03. The quantitative estimate of drug-likeness (QED) is 0.736. The number of para-hydroxylation sites is 1. The lowest BCUT2D eigenvalue weighted by atomic mass is 10.1. The number of aryl methyl sites for hydroxylation is 1. The number of rotatable bonds is 2. The molecule has 2 heterocycles. The summed E-state index contributed by atoms with van der Waals surface area (Å²) < 4.78 is 0. The van der Waals surface area contributed by atoms with Crippen LogP contribution in [0.2, 0.25) is 0 Å². The number of hydrogen-bond acceptors (Lipinski definition) is 3. The van der Waals surface area contributed by atoms with Crippen molar-refractivity contribution in [2.24, 2.45) is 0 Å². The molecule has 2 aromatic heterocycles. The van der Waals surface area contributed by atoms with E-state index in [0.717, 1.165) is 22.3 Å². The molecule has 0 unspecified atom stereocenters. The second-order valence-electron chi connectivity index (χ2n) is 4.27. The lowest BCUT2D eigenvalue weighted by Gasteiger charge is -2.08. The lowest BCUT2D eigenvalue weighted by Crippen LogP contribution is -2.11. The highest BCUT2D eigenvalue weighted by Crippen LogP contribution is 2.23. The molecule has 0 radical (unpaired) electrons. The molecule has 3 aromatic rings. The highest BCUT2D eigenvalue weighted by Gasteiger charge is 2.10. The topological polar surface area (TPSA) is 70.7 Å². The molecule has 3 rings (SSSR count). The molecule has 0 aliphatic carbocycles. The van der Waals surface area contributed by atoms with Crippen LogP contribution in [0.4, 0.5) is 5.69 Å². The molecular weight excluding hydrogens is 240 g/mol. The van der Waals surface area contributed by atoms with Gasteiger partial charge in [-0.05, 0) is 19.1 Å². The van der Waals surface area contributed by atoms with Crippen molar-refractivity contribution >= 4 is 22.5 Å². The van der Waals surface area contributed by atoms with Crippen LogP contribution >= 0.6 is 0 Å². The summed E-state index contributed by atoms with van der Waals surface area (Å²) in [6, 6.07) is 9.58. The van der Waals surface area contributed by atoms with Crippen molar-refractivity contribution in [2.75, 3.05) is 5.32 Å². The Kier molecular flexibility index (Phi) is 2.72. The number of H-pyrrole nitrogens is 1. The minimum Gasteiger partial charge on any atom is -0.321 e. The summed E-state index contributed by atoms with van der Waals surface area (Å²) in [5.74, 6) is -0.190. The fraction of sp³-hybridized carbons (Fsp3) is 0.0714. The zero-order valence-electron chi connectivity index (χ0n) is 10.3. The maximum Gasteiger partial charge on any atom is 0.258 e. The van der Waals surface area contributed by atoms with Gasteiger partial charge in [-0.1, -0.05) is 18.2 Å². The van der Waals surface area contributed by atoms with Gasteiger partial charge in [-0.2, -0.15) is 5.10 Å². The second-order valence-corrected chi connectivity index (χ2v) is 4.27. The molecule has 0 saturated carbocycles. The summed E-state index contributed by atoms with van der Waals surface area (Å²) >= 11 is 0. The second kappa shape index (κ2) is 4.53. The number of aromatic amines is 1. The molecule has 0 aliphatic rings. The van der Waals surface area contributed by atoms with Crippen molar-refractivity contribution in [1.82, 2.24) is 15.2 Å². The van der Waals surface area contributed by atoms with E-state index in [2.05, 4.69) is 20.5 Å². The standard InChI is InChI=1S/C14H12N4O/c1-9-6-13(11-4-2-3-5-12(11)17-9)18-14(19)10-7-15-16-8-10/h2-8H,1H3,(H,15,16)(H,17,18,19). The summed E-state index contributed by atoms with van der Waals surface area (Å²) in [7, 11) is 0. The number of carbonyl (C=O) groups is 1. The molecule has 1 amide bonds. The number of amides is 1. The first-order valence-corrected chi connectivity index (χ1v) is 5.90. The predicted molar refractivity (Wildman–Crippen MR) is 73.0 cm³/mol. The van der Waals surface area contributed by atoms with E-state index in [0.29, 0.717) is 5.56 Å². The van der Waals surface area contributed by atoms with Crippen LogP contribution in [0.5, 0.6) is 0 Å². The van der Waals surface area contributed by atoms with E-state index in [9.17, 15) is 4.79 Å². The van der Waals surface area contributed by atoms with Crippen LogP contribution in [0.25, 0.3) is 10.9 Å². The summed E-state index contributed by atoms with van der Waals surface area (Å²) in [5.41, 5.74) is 2.99. The fourth-order valence-corrected chi connectivity index (χ4v) is 1.98.